The van der Waals surface area contributed by atoms with Crippen LogP contribution in [0.5, 0.6) is 0 Å². The molecule has 2 nitrogen and oxygen atoms in total. The summed E-state index contributed by atoms with van der Waals surface area (Å²) < 4.78 is 11.3. The fourth-order valence-electron chi connectivity index (χ4n) is 1.96. The monoisotopic (exact) mass is 204 g/mol. The van der Waals surface area contributed by atoms with E-state index in [0.29, 0.717) is 0 Å². The third-order valence-electron chi connectivity index (χ3n) is 2.79. The van der Waals surface area contributed by atoms with E-state index < -0.39 is 0 Å². The molecule has 0 bridgehead atoms. The van der Waals surface area contributed by atoms with E-state index in [4.69, 9.17) is 9.47 Å². The molecule has 0 radical (unpaired) electrons. The van der Waals surface area contributed by atoms with Gasteiger partial charge in [0.05, 0.1) is 17.8 Å². The zero-order chi connectivity index (χ0) is 10.1. The molecular weight excluding hydrogens is 184 g/mol. The molecule has 1 rings (SSSR count). The van der Waals surface area contributed by atoms with Crippen molar-refractivity contribution in [3.8, 4) is 0 Å². The Bertz CT molecular complexity index is 172. The van der Waals surface area contributed by atoms with Crippen LogP contribution in [0.2, 0.25) is 0 Å². The molecule has 0 aromatic carbocycles. The lowest BCUT2D eigenvalue weighted by Gasteiger charge is -2.41. The van der Waals surface area contributed by atoms with Crippen molar-refractivity contribution >= 4 is 12.6 Å². The van der Waals surface area contributed by atoms with E-state index in [1.807, 2.05) is 0 Å². The van der Waals surface area contributed by atoms with Crippen molar-refractivity contribution in [2.24, 2.45) is 0 Å². The third kappa shape index (κ3) is 2.86. The fraction of sp³-hybridized carbons (Fsp3) is 1.00. The Labute approximate surface area is 86.4 Å². The Balaban J connectivity index is 2.62. The molecule has 0 saturated carbocycles. The van der Waals surface area contributed by atoms with Gasteiger partial charge in [-0.3, -0.25) is 0 Å². The maximum Gasteiger partial charge on any atom is 0.0719 e. The highest BCUT2D eigenvalue weighted by Crippen LogP contribution is 2.33. The van der Waals surface area contributed by atoms with Crippen LogP contribution in [0, 0.1) is 0 Å². The van der Waals surface area contributed by atoms with E-state index in [1.165, 1.54) is 0 Å². The molecule has 78 valence electrons. The fourth-order valence-corrected chi connectivity index (χ4v) is 2.14. The van der Waals surface area contributed by atoms with Gasteiger partial charge in [-0.1, -0.05) is 6.92 Å². The van der Waals surface area contributed by atoms with Crippen molar-refractivity contribution in [2.45, 2.75) is 56.7 Å². The van der Waals surface area contributed by atoms with Gasteiger partial charge in [0.15, 0.2) is 0 Å². The largest absolute Gasteiger partial charge is 0.378 e. The lowest BCUT2D eigenvalue weighted by atomic mass is 9.88. The molecule has 0 N–H and O–H groups in total. The van der Waals surface area contributed by atoms with Crippen molar-refractivity contribution in [3.63, 3.8) is 0 Å². The third-order valence-corrected chi connectivity index (χ3v) is 3.12. The Morgan fingerprint density at radius 3 is 2.62 bits per heavy atom. The average molecular weight is 204 g/mol. The van der Waals surface area contributed by atoms with Gasteiger partial charge in [-0.05, 0) is 13.8 Å². The summed E-state index contributed by atoms with van der Waals surface area (Å²) in [6.45, 7) is 6.32. The summed E-state index contributed by atoms with van der Waals surface area (Å²) >= 11 is 4.42. The Morgan fingerprint density at radius 2 is 2.15 bits per heavy atom. The maximum atomic E-state index is 5.79. The first kappa shape index (κ1) is 11.3. The number of hydrogen-bond acceptors (Lipinski definition) is 3. The summed E-state index contributed by atoms with van der Waals surface area (Å²) in [6, 6.07) is 0. The Kier molecular flexibility index (Phi) is 3.66. The van der Waals surface area contributed by atoms with Gasteiger partial charge < -0.3 is 9.47 Å². The molecule has 4 atom stereocenters. The van der Waals surface area contributed by atoms with Crippen LogP contribution < -0.4 is 0 Å². The number of hydrogen-bond donors (Lipinski definition) is 1. The molecule has 1 heterocycles. The van der Waals surface area contributed by atoms with E-state index in [0.717, 1.165) is 12.8 Å². The van der Waals surface area contributed by atoms with E-state index in [1.54, 1.807) is 7.11 Å². The molecule has 0 aromatic rings. The highest BCUT2D eigenvalue weighted by Gasteiger charge is 2.37. The summed E-state index contributed by atoms with van der Waals surface area (Å²) in [6.07, 6.45) is 2.41. The van der Waals surface area contributed by atoms with Crippen LogP contribution in [0.3, 0.4) is 0 Å². The molecule has 0 spiro atoms. The summed E-state index contributed by atoms with van der Waals surface area (Å²) in [5.74, 6) is 0. The molecular formula is C10H20O2S. The van der Waals surface area contributed by atoms with Gasteiger partial charge in [-0.15, -0.1) is 0 Å². The number of ether oxygens (including phenoxy) is 2. The van der Waals surface area contributed by atoms with Gasteiger partial charge in [0.1, 0.15) is 0 Å². The lowest BCUT2D eigenvalue weighted by Crippen LogP contribution is -2.46. The minimum Gasteiger partial charge on any atom is -0.378 e. The highest BCUT2D eigenvalue weighted by molar-refractivity contribution is 7.81. The zero-order valence-corrected chi connectivity index (χ0v) is 9.80. The van der Waals surface area contributed by atoms with E-state index in [-0.39, 0.29) is 23.1 Å². The average Bonchev–Trinajstić information content (AvgIpc) is 2.03. The highest BCUT2D eigenvalue weighted by atomic mass is 32.1. The Morgan fingerprint density at radius 1 is 1.54 bits per heavy atom. The van der Waals surface area contributed by atoms with Crippen LogP contribution in [0.1, 0.15) is 33.6 Å². The van der Waals surface area contributed by atoms with Gasteiger partial charge in [0.25, 0.3) is 0 Å². The zero-order valence-electron chi connectivity index (χ0n) is 8.91. The number of thiol groups is 1. The van der Waals surface area contributed by atoms with Crippen molar-refractivity contribution in [1.82, 2.24) is 0 Å². The second kappa shape index (κ2) is 4.20. The quantitative estimate of drug-likeness (QED) is 0.696. The molecule has 1 saturated heterocycles. The topological polar surface area (TPSA) is 18.5 Å². The first-order valence-electron chi connectivity index (χ1n) is 4.85. The summed E-state index contributed by atoms with van der Waals surface area (Å²) in [5, 5.41) is 0.275. The second-order valence-corrected chi connectivity index (χ2v) is 5.10. The molecule has 1 unspecified atom stereocenters. The first-order valence-corrected chi connectivity index (χ1v) is 5.37. The normalized spacial score (nSPS) is 43.2. The predicted octanol–water partition coefficient (Wildman–Crippen LogP) is 2.28. The molecule has 0 amide bonds. The first-order chi connectivity index (χ1) is 5.97. The molecule has 1 aliphatic heterocycles. The smallest absolute Gasteiger partial charge is 0.0719 e. The van der Waals surface area contributed by atoms with E-state index in [9.17, 15) is 0 Å². The lowest BCUT2D eigenvalue weighted by molar-refractivity contribution is -0.142. The number of methoxy groups -OCH3 is 1. The minimum absolute atomic E-state index is 0.0284. The molecule has 13 heavy (non-hydrogen) atoms. The maximum absolute atomic E-state index is 5.79. The van der Waals surface area contributed by atoms with Gasteiger partial charge in [-0.2, -0.15) is 12.6 Å². The summed E-state index contributed by atoms with van der Waals surface area (Å²) in [4.78, 5) is 0. The van der Waals surface area contributed by atoms with Crippen molar-refractivity contribution in [3.05, 3.63) is 0 Å². The predicted molar refractivity (Wildman–Crippen MR) is 57.4 cm³/mol. The Hall–Kier alpha value is 0.270. The van der Waals surface area contributed by atoms with E-state index in [2.05, 4.69) is 33.4 Å². The molecule has 3 heteroatoms. The van der Waals surface area contributed by atoms with Crippen molar-refractivity contribution in [2.75, 3.05) is 7.11 Å². The van der Waals surface area contributed by atoms with Crippen LogP contribution in [-0.4, -0.2) is 30.2 Å². The summed E-state index contributed by atoms with van der Waals surface area (Å²) in [7, 11) is 1.78. The van der Waals surface area contributed by atoms with Crippen LogP contribution >= 0.6 is 12.6 Å². The van der Waals surface area contributed by atoms with Gasteiger partial charge in [0, 0.05) is 25.2 Å². The van der Waals surface area contributed by atoms with Crippen LogP contribution in [0.15, 0.2) is 0 Å². The van der Waals surface area contributed by atoms with Crippen LogP contribution in [0.25, 0.3) is 0 Å². The van der Waals surface area contributed by atoms with E-state index >= 15 is 0 Å². The SMILES string of the molecule is CO[C@@]1(C)C[C@H](C)O[C@@H](C(C)S)C1. The molecule has 0 aromatic heterocycles. The van der Waals surface area contributed by atoms with Gasteiger partial charge in [-0.25, -0.2) is 0 Å². The van der Waals surface area contributed by atoms with Crippen LogP contribution in [0.4, 0.5) is 0 Å². The second-order valence-electron chi connectivity index (χ2n) is 4.29. The molecule has 0 aliphatic carbocycles. The van der Waals surface area contributed by atoms with Crippen LogP contribution in [-0.2, 0) is 9.47 Å². The summed E-state index contributed by atoms with van der Waals surface area (Å²) in [5.41, 5.74) is -0.0284. The number of rotatable bonds is 2. The van der Waals surface area contributed by atoms with Crippen molar-refractivity contribution < 1.29 is 9.47 Å². The standard InChI is InChI=1S/C10H20O2S/c1-7-5-10(3,11-4)6-9(12-7)8(2)13/h7-9,13H,5-6H2,1-4H3/t7-,8?,9+,10-/m0/s1. The van der Waals surface area contributed by atoms with Gasteiger partial charge >= 0.3 is 0 Å². The van der Waals surface area contributed by atoms with Crippen molar-refractivity contribution in [1.29, 1.82) is 0 Å². The molecule has 1 aliphatic rings. The molecule has 1 fully saturated rings. The minimum atomic E-state index is -0.0284. The van der Waals surface area contributed by atoms with Gasteiger partial charge in [0.2, 0.25) is 0 Å².